The summed E-state index contributed by atoms with van der Waals surface area (Å²) in [5.41, 5.74) is 6.90. The predicted molar refractivity (Wildman–Crippen MR) is 77.0 cm³/mol. The second-order valence-electron chi connectivity index (χ2n) is 4.09. The third-order valence-electron chi connectivity index (χ3n) is 2.34. The summed E-state index contributed by atoms with van der Waals surface area (Å²) in [6, 6.07) is 4.05. The lowest BCUT2D eigenvalue weighted by Gasteiger charge is -2.14. The van der Waals surface area contributed by atoms with E-state index in [4.69, 9.17) is 21.6 Å². The first-order valence-corrected chi connectivity index (χ1v) is 6.56. The topological polar surface area (TPSA) is 44.5 Å². The molecule has 1 rings (SSSR count). The van der Waals surface area contributed by atoms with Crippen LogP contribution in [0.25, 0.3) is 0 Å². The van der Waals surface area contributed by atoms with Crippen molar-refractivity contribution in [2.24, 2.45) is 5.73 Å². The van der Waals surface area contributed by atoms with Crippen LogP contribution in [-0.4, -0.2) is 19.8 Å². The van der Waals surface area contributed by atoms with E-state index in [-0.39, 0.29) is 6.04 Å². The van der Waals surface area contributed by atoms with E-state index in [2.05, 4.69) is 21.9 Å². The monoisotopic (exact) mass is 311 g/mol. The summed E-state index contributed by atoms with van der Waals surface area (Å²) < 4.78 is 11.8. The lowest BCUT2D eigenvalue weighted by Crippen LogP contribution is -2.17. The Morgan fingerprint density at radius 1 is 1.50 bits per heavy atom. The molecule has 0 heterocycles. The highest BCUT2D eigenvalue weighted by Gasteiger charge is 2.12. The standard InChI is InChI=1S/C14H18BrNO2/c1-4-5-6-18-14-12(15)8-11(7-10(2)16)9-13(14)17-3/h1,8-10H,5-7,16H2,2-3H3. The lowest BCUT2D eigenvalue weighted by molar-refractivity contribution is 0.299. The number of hydrogen-bond donors (Lipinski definition) is 1. The molecule has 0 saturated carbocycles. The fourth-order valence-electron chi connectivity index (χ4n) is 1.61. The Labute approximate surface area is 117 Å². The van der Waals surface area contributed by atoms with E-state index >= 15 is 0 Å². The molecule has 1 unspecified atom stereocenters. The zero-order chi connectivity index (χ0) is 13.5. The first kappa shape index (κ1) is 14.9. The van der Waals surface area contributed by atoms with Crippen LogP contribution in [0.4, 0.5) is 0 Å². The van der Waals surface area contributed by atoms with Gasteiger partial charge in [0.05, 0.1) is 18.2 Å². The van der Waals surface area contributed by atoms with Crippen LogP contribution in [0.3, 0.4) is 0 Å². The summed E-state index contributed by atoms with van der Waals surface area (Å²) in [7, 11) is 1.62. The Morgan fingerprint density at radius 3 is 2.78 bits per heavy atom. The number of nitrogens with two attached hydrogens (primary N) is 1. The van der Waals surface area contributed by atoms with Crippen LogP contribution in [0.1, 0.15) is 18.9 Å². The highest BCUT2D eigenvalue weighted by atomic mass is 79.9. The average Bonchev–Trinajstić information content (AvgIpc) is 2.30. The van der Waals surface area contributed by atoms with E-state index < -0.39 is 0 Å². The molecule has 0 fully saturated rings. The fourth-order valence-corrected chi connectivity index (χ4v) is 2.22. The second kappa shape index (κ2) is 7.30. The van der Waals surface area contributed by atoms with Gasteiger partial charge in [-0.2, -0.15) is 0 Å². The molecule has 3 nitrogen and oxygen atoms in total. The van der Waals surface area contributed by atoms with Crippen molar-refractivity contribution in [1.82, 2.24) is 0 Å². The molecule has 0 aliphatic heterocycles. The van der Waals surface area contributed by atoms with E-state index in [0.29, 0.717) is 24.5 Å². The van der Waals surface area contributed by atoms with Crippen LogP contribution in [0.5, 0.6) is 11.5 Å². The van der Waals surface area contributed by atoms with Gasteiger partial charge in [-0.25, -0.2) is 0 Å². The summed E-state index contributed by atoms with van der Waals surface area (Å²) >= 11 is 3.48. The Kier molecular flexibility index (Phi) is 6.03. The van der Waals surface area contributed by atoms with Crippen molar-refractivity contribution in [2.75, 3.05) is 13.7 Å². The Bertz CT molecular complexity index is 438. The first-order valence-electron chi connectivity index (χ1n) is 5.76. The van der Waals surface area contributed by atoms with E-state index in [1.165, 1.54) is 0 Å². The minimum Gasteiger partial charge on any atom is -0.493 e. The Hall–Kier alpha value is -1.18. The summed E-state index contributed by atoms with van der Waals surface area (Å²) in [5, 5.41) is 0. The maximum Gasteiger partial charge on any atom is 0.175 e. The minimum absolute atomic E-state index is 0.106. The summed E-state index contributed by atoms with van der Waals surface area (Å²) in [6.07, 6.45) is 6.55. The molecule has 0 aromatic heterocycles. The van der Waals surface area contributed by atoms with Crippen LogP contribution in [-0.2, 0) is 6.42 Å². The molecule has 0 spiro atoms. The van der Waals surface area contributed by atoms with Gasteiger partial charge >= 0.3 is 0 Å². The molecule has 0 aliphatic carbocycles. The van der Waals surface area contributed by atoms with Gasteiger partial charge in [0.15, 0.2) is 11.5 Å². The van der Waals surface area contributed by atoms with Gasteiger partial charge in [0.2, 0.25) is 0 Å². The molecule has 0 aliphatic rings. The number of rotatable bonds is 6. The molecule has 4 heteroatoms. The number of methoxy groups -OCH3 is 1. The van der Waals surface area contributed by atoms with Gasteiger partial charge in [0.25, 0.3) is 0 Å². The average molecular weight is 312 g/mol. The van der Waals surface area contributed by atoms with Gasteiger partial charge in [-0.15, -0.1) is 12.3 Å². The Morgan fingerprint density at radius 2 is 2.22 bits per heavy atom. The zero-order valence-electron chi connectivity index (χ0n) is 10.7. The molecule has 0 bridgehead atoms. The van der Waals surface area contributed by atoms with Crippen molar-refractivity contribution in [3.8, 4) is 23.8 Å². The van der Waals surface area contributed by atoms with E-state index in [0.717, 1.165) is 16.5 Å². The van der Waals surface area contributed by atoms with Crippen molar-refractivity contribution in [3.63, 3.8) is 0 Å². The largest absolute Gasteiger partial charge is 0.493 e. The molecule has 0 radical (unpaired) electrons. The molecule has 18 heavy (non-hydrogen) atoms. The third kappa shape index (κ3) is 4.25. The van der Waals surface area contributed by atoms with Crippen LogP contribution >= 0.6 is 15.9 Å². The maximum atomic E-state index is 5.79. The number of terminal acetylenes is 1. The number of halogens is 1. The number of hydrogen-bond acceptors (Lipinski definition) is 3. The van der Waals surface area contributed by atoms with Crippen molar-refractivity contribution in [2.45, 2.75) is 25.8 Å². The highest BCUT2D eigenvalue weighted by molar-refractivity contribution is 9.10. The van der Waals surface area contributed by atoms with Crippen molar-refractivity contribution in [3.05, 3.63) is 22.2 Å². The molecular formula is C14H18BrNO2. The van der Waals surface area contributed by atoms with Crippen LogP contribution < -0.4 is 15.2 Å². The molecule has 98 valence electrons. The number of ether oxygens (including phenoxy) is 2. The van der Waals surface area contributed by atoms with E-state index in [9.17, 15) is 0 Å². The van der Waals surface area contributed by atoms with Crippen LogP contribution in [0.2, 0.25) is 0 Å². The van der Waals surface area contributed by atoms with Crippen molar-refractivity contribution < 1.29 is 9.47 Å². The maximum absolute atomic E-state index is 5.79. The van der Waals surface area contributed by atoms with Crippen LogP contribution in [0.15, 0.2) is 16.6 Å². The summed E-state index contributed by atoms with van der Waals surface area (Å²) in [4.78, 5) is 0. The molecule has 1 aromatic rings. The molecule has 1 atom stereocenters. The van der Waals surface area contributed by atoms with E-state index in [1.807, 2.05) is 19.1 Å². The Balaban J connectivity index is 2.93. The smallest absolute Gasteiger partial charge is 0.175 e. The lowest BCUT2D eigenvalue weighted by atomic mass is 10.1. The quantitative estimate of drug-likeness (QED) is 0.649. The fraction of sp³-hybridized carbons (Fsp3) is 0.429. The molecular weight excluding hydrogens is 294 g/mol. The molecule has 0 amide bonds. The van der Waals surface area contributed by atoms with E-state index in [1.54, 1.807) is 7.11 Å². The van der Waals surface area contributed by atoms with Gasteiger partial charge in [-0.1, -0.05) is 0 Å². The van der Waals surface area contributed by atoms with Crippen molar-refractivity contribution in [1.29, 1.82) is 0 Å². The van der Waals surface area contributed by atoms with Crippen LogP contribution in [0, 0.1) is 12.3 Å². The normalized spacial score (nSPS) is 11.7. The minimum atomic E-state index is 0.106. The summed E-state index contributed by atoms with van der Waals surface area (Å²) in [6.45, 7) is 2.44. The summed E-state index contributed by atoms with van der Waals surface area (Å²) in [5.74, 6) is 3.91. The molecule has 1 aromatic carbocycles. The van der Waals surface area contributed by atoms with Gasteiger partial charge in [0, 0.05) is 12.5 Å². The van der Waals surface area contributed by atoms with Gasteiger partial charge < -0.3 is 15.2 Å². The SMILES string of the molecule is C#CCCOc1c(Br)cc(CC(C)N)cc1OC. The van der Waals surface area contributed by atoms with Gasteiger partial charge in [-0.05, 0) is 47.0 Å². The first-order chi connectivity index (χ1) is 8.58. The highest BCUT2D eigenvalue weighted by Crippen LogP contribution is 2.37. The second-order valence-corrected chi connectivity index (χ2v) is 4.95. The molecule has 0 saturated heterocycles. The van der Waals surface area contributed by atoms with Gasteiger partial charge in [0.1, 0.15) is 0 Å². The third-order valence-corrected chi connectivity index (χ3v) is 2.93. The molecule has 2 N–H and O–H groups in total. The van der Waals surface area contributed by atoms with Gasteiger partial charge in [-0.3, -0.25) is 0 Å². The zero-order valence-corrected chi connectivity index (χ0v) is 12.3. The number of benzene rings is 1. The van der Waals surface area contributed by atoms with Crippen molar-refractivity contribution >= 4 is 15.9 Å². The predicted octanol–water partition coefficient (Wildman–Crippen LogP) is 2.75.